The average Bonchev–Trinajstić information content (AvgIpc) is 3.32. The van der Waals surface area contributed by atoms with Crippen LogP contribution in [-0.2, 0) is 87.5 Å². The van der Waals surface area contributed by atoms with Crippen LogP contribution < -0.4 is 0 Å². The molecule has 6 unspecified atom stereocenters. The lowest BCUT2D eigenvalue weighted by Crippen LogP contribution is -2.68. The van der Waals surface area contributed by atoms with Crippen molar-refractivity contribution in [2.45, 2.75) is 187 Å². The average molecular weight is 1060 g/mol. The molecule has 70 heavy (non-hydrogen) atoms. The molecule has 0 bridgehead atoms. The van der Waals surface area contributed by atoms with Crippen LogP contribution in [0.4, 0.5) is 0 Å². The van der Waals surface area contributed by atoms with Crippen LogP contribution in [0.2, 0.25) is 0 Å². The minimum Gasteiger partial charge on any atom is -0.466 e. The van der Waals surface area contributed by atoms with Crippen LogP contribution in [0, 0.1) is 35.5 Å². The van der Waals surface area contributed by atoms with Gasteiger partial charge in [0, 0.05) is 27.7 Å². The molecule has 0 saturated carbocycles. The van der Waals surface area contributed by atoms with E-state index >= 15 is 0 Å². The Labute approximate surface area is 420 Å². The van der Waals surface area contributed by atoms with Crippen LogP contribution in [-0.4, -0.2) is 144 Å². The molecule has 0 aromatic heterocycles. The number of aliphatic hydroxyl groups is 2. The van der Waals surface area contributed by atoms with Crippen LogP contribution in [0.1, 0.15) is 108 Å². The van der Waals surface area contributed by atoms with Crippen molar-refractivity contribution in [2.24, 2.45) is 35.5 Å². The molecule has 0 spiro atoms. The van der Waals surface area contributed by atoms with E-state index in [2.05, 4.69) is 29.8 Å². The van der Waals surface area contributed by atoms with E-state index in [-0.39, 0.29) is 30.5 Å². The summed E-state index contributed by atoms with van der Waals surface area (Å²) in [5, 5.41) is 22.1. The van der Waals surface area contributed by atoms with Crippen molar-refractivity contribution in [1.82, 2.24) is 0 Å². The van der Waals surface area contributed by atoms with Crippen molar-refractivity contribution in [2.75, 3.05) is 20.8 Å². The number of carbonyl (C=O) groups excluding carboxylic acids is 6. The van der Waals surface area contributed by atoms with Gasteiger partial charge in [0.1, 0.15) is 42.7 Å². The van der Waals surface area contributed by atoms with E-state index < -0.39 is 125 Å². The van der Waals surface area contributed by atoms with Crippen LogP contribution in [0.25, 0.3) is 0 Å². The molecule has 0 radical (unpaired) electrons. The molecule has 398 valence electrons. The normalized spacial score (nSPS) is 34.7. The smallest absolute Gasteiger partial charge is 0.369 e. The molecule has 3 saturated heterocycles. The summed E-state index contributed by atoms with van der Waals surface area (Å²) < 4.78 is 61.2. The molecule has 3 aliphatic rings. The fourth-order valence-corrected chi connectivity index (χ4v) is 10.1. The minimum atomic E-state index is -2.29. The molecular weight excluding hydrogens is 984 g/mol. The molecule has 1 aromatic rings. The zero-order chi connectivity index (χ0) is 53.0. The molecule has 3 fully saturated rings. The van der Waals surface area contributed by atoms with Gasteiger partial charge in [0.05, 0.1) is 39.6 Å². The van der Waals surface area contributed by atoms with Crippen molar-refractivity contribution in [1.29, 1.82) is 0 Å². The predicted molar refractivity (Wildman–Crippen MR) is 253 cm³/mol. The number of rotatable bonds is 18. The van der Waals surface area contributed by atoms with Gasteiger partial charge in [-0.25, -0.2) is 9.59 Å². The molecule has 4 rings (SSSR count). The second kappa shape index (κ2) is 26.8. The molecule has 1 aromatic carbocycles. The molecule has 19 atom stereocenters. The van der Waals surface area contributed by atoms with E-state index in [1.807, 2.05) is 37.3 Å². The predicted octanol–water partition coefficient (Wildman–Crippen LogP) is 5.38. The van der Waals surface area contributed by atoms with Crippen molar-refractivity contribution in [3.05, 3.63) is 35.9 Å². The second-order valence-electron chi connectivity index (χ2n) is 18.7. The SMILES string of the molecule is CC[C@@H](OC(C)=O)[C@@H](OC(C)=O)C1O[C@@](OCC2O[C@@H](C)C(C)[C@@H](C)[C@H]2OCc2ccccc2)(C(=O)OC)C(O)[C@@H](C)[C@H]1C.CC[C@@H](OC(C)=O)[C@@H](OC(C)=O)C1O[C@](Br)(C(=O)OC)C(O)[C@@H](C)[C@H]1C. The zero-order valence-corrected chi connectivity index (χ0v) is 44.8. The monoisotopic (exact) mass is 1060 g/mol. The highest BCUT2D eigenvalue weighted by Gasteiger charge is 2.62. The largest absolute Gasteiger partial charge is 0.466 e. The van der Waals surface area contributed by atoms with E-state index in [0.29, 0.717) is 19.4 Å². The van der Waals surface area contributed by atoms with E-state index in [4.69, 9.17) is 52.1 Å². The van der Waals surface area contributed by atoms with Crippen LogP contribution in [0.15, 0.2) is 30.3 Å². The van der Waals surface area contributed by atoms with Gasteiger partial charge in [0.25, 0.3) is 5.79 Å². The standard InChI is InChI=1S/C33H50O11.C17H27BrO8/c1-10-26(42-23(7)34)30(43-24(8)35)29-20(4)21(5)31(36)33(44-29,32(37)38-9)40-17-27-28(19(3)18(2)22(6)41-27)39-16-25-14-12-11-13-15-25;1-7-12(24-10(4)19)14(25-11(5)20)13-8(2)9(3)15(21)17(18,26-13)16(22)23-6/h11-15,18-22,26-31,36H,10,16-17H2,1-9H3;8-9,12-15,21H,7H2,1-6H3/t18?,19-,20-,21+,22+,26-,27?,28-,29?,30-,31?,33-;8-,9+,12-,13?,14-,15?,17+/m11/s1. The topological polar surface area (TPSA) is 244 Å². The number of benzene rings is 1. The van der Waals surface area contributed by atoms with Crippen molar-refractivity contribution >= 4 is 51.7 Å². The quantitative estimate of drug-likeness (QED) is 0.106. The first-order valence-corrected chi connectivity index (χ1v) is 24.8. The summed E-state index contributed by atoms with van der Waals surface area (Å²) >= 11 is 3.16. The van der Waals surface area contributed by atoms with Gasteiger partial charge in [-0.15, -0.1) is 0 Å². The highest BCUT2D eigenvalue weighted by atomic mass is 79.9. The first-order valence-electron chi connectivity index (χ1n) is 24.0. The van der Waals surface area contributed by atoms with Crippen LogP contribution in [0.5, 0.6) is 0 Å². The van der Waals surface area contributed by atoms with Gasteiger partial charge in [-0.2, -0.15) is 0 Å². The summed E-state index contributed by atoms with van der Waals surface area (Å²) in [7, 11) is 2.35. The van der Waals surface area contributed by atoms with Gasteiger partial charge in [-0.3, -0.25) is 19.2 Å². The molecule has 19 nitrogen and oxygen atoms in total. The lowest BCUT2D eigenvalue weighted by atomic mass is 9.77. The van der Waals surface area contributed by atoms with E-state index in [9.17, 15) is 39.0 Å². The maximum Gasteiger partial charge on any atom is 0.369 e. The Balaban J connectivity index is 0.000000425. The first-order chi connectivity index (χ1) is 32.8. The molecule has 0 aliphatic carbocycles. The van der Waals surface area contributed by atoms with E-state index in [0.717, 1.165) is 5.56 Å². The van der Waals surface area contributed by atoms with E-state index in [1.54, 1.807) is 41.5 Å². The Morgan fingerprint density at radius 2 is 1.09 bits per heavy atom. The summed E-state index contributed by atoms with van der Waals surface area (Å²) in [6.45, 7) is 22.0. The van der Waals surface area contributed by atoms with Gasteiger partial charge in [0.15, 0.2) is 12.2 Å². The Bertz CT molecular complexity index is 1890. The third kappa shape index (κ3) is 14.5. The molecule has 0 amide bonds. The van der Waals surface area contributed by atoms with Crippen molar-refractivity contribution < 1.29 is 91.1 Å². The second-order valence-corrected chi connectivity index (χ2v) is 19.9. The lowest BCUT2D eigenvalue weighted by Gasteiger charge is -2.51. The Morgan fingerprint density at radius 3 is 1.53 bits per heavy atom. The Morgan fingerprint density at radius 1 is 0.629 bits per heavy atom. The van der Waals surface area contributed by atoms with Crippen molar-refractivity contribution in [3.63, 3.8) is 0 Å². The van der Waals surface area contributed by atoms with Crippen LogP contribution in [0.3, 0.4) is 0 Å². The highest BCUT2D eigenvalue weighted by molar-refractivity contribution is 9.10. The molecule has 20 heteroatoms. The van der Waals surface area contributed by atoms with Crippen LogP contribution >= 0.6 is 15.9 Å². The molecule has 3 heterocycles. The summed E-state index contributed by atoms with van der Waals surface area (Å²) in [4.78, 5) is 72.9. The number of aliphatic hydroxyl groups excluding tert-OH is 2. The summed E-state index contributed by atoms with van der Waals surface area (Å²) in [6, 6.07) is 9.78. The third-order valence-corrected chi connectivity index (χ3v) is 15.0. The number of esters is 6. The number of ether oxygens (including phenoxy) is 11. The summed E-state index contributed by atoms with van der Waals surface area (Å²) in [5.74, 6) is -7.83. The van der Waals surface area contributed by atoms with Gasteiger partial charge in [0.2, 0.25) is 4.51 Å². The maximum absolute atomic E-state index is 13.5. The third-order valence-electron chi connectivity index (χ3n) is 14.0. The maximum atomic E-state index is 13.5. The Hall–Kier alpha value is -3.76. The number of hydrogen-bond acceptors (Lipinski definition) is 19. The fraction of sp³-hybridized carbons (Fsp3) is 0.760. The zero-order valence-electron chi connectivity index (χ0n) is 43.2. The summed E-state index contributed by atoms with van der Waals surface area (Å²) in [6.07, 6.45) is -8.60. The number of alkyl halides is 1. The molecular formula is C50H77BrO19. The van der Waals surface area contributed by atoms with Crippen molar-refractivity contribution in [3.8, 4) is 0 Å². The highest BCUT2D eigenvalue weighted by Crippen LogP contribution is 2.45. The fourth-order valence-electron chi connectivity index (χ4n) is 9.33. The van der Waals surface area contributed by atoms with Gasteiger partial charge >= 0.3 is 35.8 Å². The van der Waals surface area contributed by atoms with E-state index in [1.165, 1.54) is 41.9 Å². The summed E-state index contributed by atoms with van der Waals surface area (Å²) in [5.41, 5.74) is 1.00. The molecule has 2 N–H and O–H groups in total. The Kier molecular flexibility index (Phi) is 23.2. The number of methoxy groups -OCH3 is 2. The number of halogens is 1. The van der Waals surface area contributed by atoms with Gasteiger partial charge < -0.3 is 62.3 Å². The first kappa shape index (κ1) is 60.5. The van der Waals surface area contributed by atoms with Gasteiger partial charge in [-0.05, 0) is 76.8 Å². The minimum absolute atomic E-state index is 0.0800. The number of carbonyl (C=O) groups is 6. The van der Waals surface area contributed by atoms with Gasteiger partial charge in [-0.1, -0.05) is 85.7 Å². The number of hydrogen-bond donors (Lipinski definition) is 2. The lowest BCUT2D eigenvalue weighted by molar-refractivity contribution is -0.355. The molecule has 3 aliphatic heterocycles.